The molecule has 1 aromatic heterocycles. The van der Waals surface area contributed by atoms with Crippen molar-refractivity contribution in [2.75, 3.05) is 19.6 Å². The Balaban J connectivity index is 1.82. The van der Waals surface area contributed by atoms with Gasteiger partial charge in [0.05, 0.1) is 0 Å². The van der Waals surface area contributed by atoms with E-state index in [4.69, 9.17) is 9.15 Å². The van der Waals surface area contributed by atoms with Gasteiger partial charge in [0.25, 0.3) is 5.91 Å². The molecular weight excluding hydrogens is 308 g/mol. The molecule has 1 aromatic rings. The number of amides is 2. The van der Waals surface area contributed by atoms with E-state index in [9.17, 15) is 9.59 Å². The summed E-state index contributed by atoms with van der Waals surface area (Å²) in [5, 5.41) is 2.90. The monoisotopic (exact) mass is 336 g/mol. The van der Waals surface area contributed by atoms with Crippen LogP contribution in [0.3, 0.4) is 0 Å². The Kier molecular flexibility index (Phi) is 5.91. The molecule has 0 spiro atoms. The van der Waals surface area contributed by atoms with Gasteiger partial charge in [-0.05, 0) is 51.7 Å². The van der Waals surface area contributed by atoms with E-state index in [1.54, 1.807) is 11.0 Å². The molecule has 1 aliphatic rings. The van der Waals surface area contributed by atoms with Crippen molar-refractivity contribution in [3.63, 3.8) is 0 Å². The number of rotatable bonds is 4. The predicted molar refractivity (Wildman–Crippen MR) is 91.0 cm³/mol. The molecule has 1 aliphatic heterocycles. The minimum Gasteiger partial charge on any atom is -0.456 e. The van der Waals surface area contributed by atoms with Crippen LogP contribution in [-0.4, -0.2) is 42.1 Å². The summed E-state index contributed by atoms with van der Waals surface area (Å²) in [6.07, 6.45) is 2.39. The number of furan rings is 1. The van der Waals surface area contributed by atoms with E-state index < -0.39 is 5.60 Å². The molecule has 0 saturated carbocycles. The topological polar surface area (TPSA) is 71.8 Å². The van der Waals surface area contributed by atoms with E-state index in [2.05, 4.69) is 5.32 Å². The average molecular weight is 336 g/mol. The van der Waals surface area contributed by atoms with Crippen molar-refractivity contribution in [2.45, 2.75) is 52.6 Å². The van der Waals surface area contributed by atoms with Crippen LogP contribution in [-0.2, 0) is 11.2 Å². The predicted octanol–water partition coefficient (Wildman–Crippen LogP) is 3.22. The molecule has 2 heterocycles. The highest BCUT2D eigenvalue weighted by atomic mass is 16.6. The Labute approximate surface area is 143 Å². The number of carbonyl (C=O) groups is 2. The largest absolute Gasteiger partial charge is 0.456 e. The van der Waals surface area contributed by atoms with Crippen LogP contribution in [0, 0.1) is 5.92 Å². The minimum atomic E-state index is -0.492. The molecule has 0 radical (unpaired) electrons. The third-order valence-corrected chi connectivity index (χ3v) is 3.96. The summed E-state index contributed by atoms with van der Waals surface area (Å²) in [5.74, 6) is 1.17. The van der Waals surface area contributed by atoms with Crippen LogP contribution < -0.4 is 5.32 Å². The van der Waals surface area contributed by atoms with E-state index in [0.29, 0.717) is 25.4 Å². The molecule has 0 aliphatic carbocycles. The molecule has 134 valence electrons. The van der Waals surface area contributed by atoms with Gasteiger partial charge >= 0.3 is 6.09 Å². The maximum absolute atomic E-state index is 12.2. The fraction of sp³-hybridized carbons (Fsp3) is 0.667. The van der Waals surface area contributed by atoms with Crippen LogP contribution in [0.2, 0.25) is 0 Å². The van der Waals surface area contributed by atoms with Gasteiger partial charge < -0.3 is 19.4 Å². The number of carbonyl (C=O) groups excluding carboxylic acids is 2. The summed E-state index contributed by atoms with van der Waals surface area (Å²) in [4.78, 5) is 26.0. The first kappa shape index (κ1) is 18.4. The van der Waals surface area contributed by atoms with Gasteiger partial charge in [0, 0.05) is 26.1 Å². The zero-order chi connectivity index (χ0) is 17.7. The van der Waals surface area contributed by atoms with E-state index in [0.717, 1.165) is 25.0 Å². The number of hydrogen-bond donors (Lipinski definition) is 1. The standard InChI is InChI=1S/C18H28N2O4/c1-5-14-8-9-15(23-14)16(21)19-11-13-7-6-10-20(12-13)17(22)24-18(2,3)4/h8-9,13H,5-7,10-12H2,1-4H3,(H,19,21). The van der Waals surface area contributed by atoms with Crippen LogP contribution in [0.5, 0.6) is 0 Å². The first-order valence-electron chi connectivity index (χ1n) is 8.63. The van der Waals surface area contributed by atoms with Gasteiger partial charge in [0.15, 0.2) is 5.76 Å². The molecule has 0 aromatic carbocycles. The van der Waals surface area contributed by atoms with Crippen molar-refractivity contribution in [3.8, 4) is 0 Å². The van der Waals surface area contributed by atoms with Gasteiger partial charge in [-0.25, -0.2) is 4.79 Å². The van der Waals surface area contributed by atoms with Crippen LogP contribution in [0.1, 0.15) is 56.9 Å². The summed E-state index contributed by atoms with van der Waals surface area (Å²) in [5.41, 5.74) is -0.492. The van der Waals surface area contributed by atoms with Gasteiger partial charge in [-0.15, -0.1) is 0 Å². The molecular formula is C18H28N2O4. The summed E-state index contributed by atoms with van der Waals surface area (Å²) in [6.45, 7) is 9.40. The Morgan fingerprint density at radius 3 is 2.75 bits per heavy atom. The molecule has 0 bridgehead atoms. The van der Waals surface area contributed by atoms with E-state index in [-0.39, 0.29) is 17.9 Å². The summed E-state index contributed by atoms with van der Waals surface area (Å²) < 4.78 is 10.9. The zero-order valence-electron chi connectivity index (χ0n) is 15.1. The Morgan fingerprint density at radius 2 is 2.12 bits per heavy atom. The van der Waals surface area contributed by atoms with Crippen LogP contribution in [0.4, 0.5) is 4.79 Å². The van der Waals surface area contributed by atoms with Gasteiger partial charge in [0.1, 0.15) is 11.4 Å². The van der Waals surface area contributed by atoms with Crippen molar-refractivity contribution < 1.29 is 18.7 Å². The summed E-state index contributed by atoms with van der Waals surface area (Å²) in [7, 11) is 0. The van der Waals surface area contributed by atoms with Crippen molar-refractivity contribution in [1.29, 1.82) is 0 Å². The normalized spacial score (nSPS) is 18.3. The molecule has 1 unspecified atom stereocenters. The number of ether oxygens (including phenoxy) is 1. The molecule has 6 heteroatoms. The van der Waals surface area contributed by atoms with Gasteiger partial charge in [0.2, 0.25) is 0 Å². The second-order valence-corrected chi connectivity index (χ2v) is 7.26. The average Bonchev–Trinajstić information content (AvgIpc) is 3.00. The molecule has 1 saturated heterocycles. The summed E-state index contributed by atoms with van der Waals surface area (Å²) in [6, 6.07) is 3.52. The second kappa shape index (κ2) is 7.73. The highest BCUT2D eigenvalue weighted by Gasteiger charge is 2.28. The fourth-order valence-corrected chi connectivity index (χ4v) is 2.74. The maximum atomic E-state index is 12.2. The number of likely N-dealkylation sites (tertiary alicyclic amines) is 1. The Morgan fingerprint density at radius 1 is 1.38 bits per heavy atom. The van der Waals surface area contributed by atoms with Crippen molar-refractivity contribution in [3.05, 3.63) is 23.7 Å². The lowest BCUT2D eigenvalue weighted by molar-refractivity contribution is 0.0167. The van der Waals surface area contributed by atoms with Gasteiger partial charge in [-0.3, -0.25) is 4.79 Å². The Bertz CT molecular complexity index is 574. The van der Waals surface area contributed by atoms with Crippen molar-refractivity contribution in [1.82, 2.24) is 10.2 Å². The van der Waals surface area contributed by atoms with Crippen LogP contribution in [0.15, 0.2) is 16.5 Å². The minimum absolute atomic E-state index is 0.205. The lowest BCUT2D eigenvalue weighted by atomic mass is 9.98. The SMILES string of the molecule is CCc1ccc(C(=O)NCC2CCCN(C(=O)OC(C)(C)C)C2)o1. The molecule has 2 amide bonds. The lowest BCUT2D eigenvalue weighted by Gasteiger charge is -2.34. The van der Waals surface area contributed by atoms with Crippen LogP contribution in [0.25, 0.3) is 0 Å². The van der Waals surface area contributed by atoms with Crippen molar-refractivity contribution >= 4 is 12.0 Å². The van der Waals surface area contributed by atoms with E-state index >= 15 is 0 Å². The third kappa shape index (κ3) is 5.28. The highest BCUT2D eigenvalue weighted by Crippen LogP contribution is 2.19. The molecule has 6 nitrogen and oxygen atoms in total. The lowest BCUT2D eigenvalue weighted by Crippen LogP contribution is -2.45. The quantitative estimate of drug-likeness (QED) is 0.916. The number of piperidine rings is 1. The number of aryl methyl sites for hydroxylation is 1. The molecule has 2 rings (SSSR count). The molecule has 1 N–H and O–H groups in total. The maximum Gasteiger partial charge on any atom is 0.410 e. The van der Waals surface area contributed by atoms with Gasteiger partial charge in [-0.1, -0.05) is 6.92 Å². The van der Waals surface area contributed by atoms with E-state index in [1.807, 2.05) is 33.8 Å². The zero-order valence-corrected chi connectivity index (χ0v) is 15.1. The summed E-state index contributed by atoms with van der Waals surface area (Å²) >= 11 is 0. The van der Waals surface area contributed by atoms with Crippen LogP contribution >= 0.6 is 0 Å². The van der Waals surface area contributed by atoms with Gasteiger partial charge in [-0.2, -0.15) is 0 Å². The highest BCUT2D eigenvalue weighted by molar-refractivity contribution is 5.91. The first-order chi connectivity index (χ1) is 11.3. The number of nitrogens with one attached hydrogen (secondary N) is 1. The third-order valence-electron chi connectivity index (χ3n) is 3.96. The number of nitrogens with zero attached hydrogens (tertiary/aromatic N) is 1. The molecule has 1 fully saturated rings. The smallest absolute Gasteiger partial charge is 0.410 e. The fourth-order valence-electron chi connectivity index (χ4n) is 2.74. The number of hydrogen-bond acceptors (Lipinski definition) is 4. The first-order valence-corrected chi connectivity index (χ1v) is 8.63. The molecule has 24 heavy (non-hydrogen) atoms. The van der Waals surface area contributed by atoms with E-state index in [1.165, 1.54) is 0 Å². The molecule has 1 atom stereocenters. The van der Waals surface area contributed by atoms with Crippen molar-refractivity contribution in [2.24, 2.45) is 5.92 Å². The Hall–Kier alpha value is -1.98. The second-order valence-electron chi connectivity index (χ2n) is 7.26.